The van der Waals surface area contributed by atoms with Gasteiger partial charge in [0.05, 0.1) is 5.69 Å². The molecule has 2 fully saturated rings. The number of Topliss-reactive ketones (excluding diaryl/α,β-unsaturated/α-hetero) is 1. The molecule has 1 heterocycles. The number of pyridine rings is 1. The van der Waals surface area contributed by atoms with Gasteiger partial charge < -0.3 is 0 Å². The maximum atomic E-state index is 13.7. The van der Waals surface area contributed by atoms with Crippen molar-refractivity contribution in [1.29, 1.82) is 0 Å². The van der Waals surface area contributed by atoms with E-state index in [4.69, 9.17) is 4.98 Å². The van der Waals surface area contributed by atoms with Crippen molar-refractivity contribution in [2.75, 3.05) is 0 Å². The van der Waals surface area contributed by atoms with Gasteiger partial charge in [0.15, 0.2) is 5.78 Å². The number of hydrogen-bond acceptors (Lipinski definition) is 3. The molecule has 2 saturated carbocycles. The zero-order valence-electron chi connectivity index (χ0n) is 21.0. The molecule has 3 nitrogen and oxygen atoms in total. The fourth-order valence-corrected chi connectivity index (χ4v) is 7.27. The van der Waals surface area contributed by atoms with Gasteiger partial charge in [-0.25, -0.2) is 4.39 Å². The summed E-state index contributed by atoms with van der Waals surface area (Å²) in [6.45, 7) is 0. The highest BCUT2D eigenvalue weighted by atomic mass is 19.4. The maximum Gasteiger partial charge on any atom is 0.412 e. The number of rotatable bonds is 4. The van der Waals surface area contributed by atoms with E-state index >= 15 is 0 Å². The summed E-state index contributed by atoms with van der Waals surface area (Å²) >= 11 is 0. The van der Waals surface area contributed by atoms with Gasteiger partial charge in [0.2, 0.25) is 0 Å². The lowest BCUT2D eigenvalue weighted by atomic mass is 9.51. The van der Waals surface area contributed by atoms with Crippen LogP contribution in [0.5, 0.6) is 0 Å². The molecule has 0 bridgehead atoms. The SMILES string of the molecule is O=CC1=CC=C(C(F)(F)F)CC12CC(C1CC(=O)c3c(-c4ccc(F)cc4)cc(C4CCCC4)nc3C1)C2. The molecule has 0 radical (unpaired) electrons. The van der Waals surface area contributed by atoms with Gasteiger partial charge in [-0.2, -0.15) is 13.2 Å². The smallest absolute Gasteiger partial charge is 0.298 e. The number of hydrogen-bond donors (Lipinski definition) is 0. The number of ketones is 1. The van der Waals surface area contributed by atoms with Crippen molar-refractivity contribution in [2.24, 2.45) is 17.3 Å². The number of halogens is 4. The first-order valence-electron chi connectivity index (χ1n) is 13.4. The molecule has 7 heteroatoms. The third-order valence-corrected chi connectivity index (χ3v) is 9.29. The van der Waals surface area contributed by atoms with Crippen LogP contribution in [0.25, 0.3) is 11.1 Å². The van der Waals surface area contributed by atoms with Crippen LogP contribution < -0.4 is 0 Å². The van der Waals surface area contributed by atoms with Crippen LogP contribution >= 0.6 is 0 Å². The van der Waals surface area contributed by atoms with Crippen LogP contribution in [0.4, 0.5) is 17.6 Å². The maximum absolute atomic E-state index is 13.7. The largest absolute Gasteiger partial charge is 0.412 e. The van der Waals surface area contributed by atoms with Crippen molar-refractivity contribution in [3.05, 3.63) is 76.4 Å². The second-order valence-corrected chi connectivity index (χ2v) is 11.6. The molecule has 1 aromatic heterocycles. The molecule has 4 aliphatic rings. The standard InChI is InChI=1S/C31H29F4NO2/c32-24-9-5-18(6-10-24)25-13-26(19-3-1-2-4-19)36-27-11-20(12-28(38)29(25)27)21-14-30(15-21)16-22(31(33,34)35)7-8-23(30)17-37/h5-10,13,17,19-21H,1-4,11-12,14-16H2. The molecule has 2 aromatic rings. The molecule has 4 aliphatic carbocycles. The highest BCUT2D eigenvalue weighted by Crippen LogP contribution is 2.60. The number of carbonyl (C=O) groups is 2. The molecule has 1 spiro atoms. The van der Waals surface area contributed by atoms with Gasteiger partial charge in [0.1, 0.15) is 12.1 Å². The van der Waals surface area contributed by atoms with Crippen molar-refractivity contribution in [1.82, 2.24) is 4.98 Å². The average molecular weight is 524 g/mol. The minimum atomic E-state index is -4.42. The molecule has 1 unspecified atom stereocenters. The topological polar surface area (TPSA) is 47.0 Å². The number of aldehydes is 1. The zero-order chi connectivity index (χ0) is 26.7. The minimum Gasteiger partial charge on any atom is -0.298 e. The molecule has 0 amide bonds. The van der Waals surface area contributed by atoms with Crippen molar-refractivity contribution >= 4 is 12.1 Å². The van der Waals surface area contributed by atoms with E-state index in [1.165, 1.54) is 18.2 Å². The van der Waals surface area contributed by atoms with E-state index in [2.05, 4.69) is 0 Å². The molecule has 38 heavy (non-hydrogen) atoms. The van der Waals surface area contributed by atoms with E-state index in [-0.39, 0.29) is 29.9 Å². The van der Waals surface area contributed by atoms with E-state index in [1.54, 1.807) is 12.1 Å². The minimum absolute atomic E-state index is 0.0207. The van der Waals surface area contributed by atoms with E-state index in [9.17, 15) is 27.2 Å². The first-order valence-corrected chi connectivity index (χ1v) is 13.4. The van der Waals surface area contributed by atoms with E-state index in [0.29, 0.717) is 49.0 Å². The summed E-state index contributed by atoms with van der Waals surface area (Å²) in [4.78, 5) is 30.3. The average Bonchev–Trinajstić information content (AvgIpc) is 3.41. The Morgan fingerprint density at radius 1 is 0.974 bits per heavy atom. The molecular formula is C31H29F4NO2. The quantitative estimate of drug-likeness (QED) is 0.305. The number of carbonyl (C=O) groups excluding carboxylic acids is 2. The van der Waals surface area contributed by atoms with Crippen LogP contribution in [0.15, 0.2) is 53.6 Å². The van der Waals surface area contributed by atoms with Crippen LogP contribution in [0.2, 0.25) is 0 Å². The molecule has 6 rings (SSSR count). The van der Waals surface area contributed by atoms with Gasteiger partial charge in [0, 0.05) is 34.6 Å². The lowest BCUT2D eigenvalue weighted by Gasteiger charge is -2.53. The van der Waals surface area contributed by atoms with Crippen LogP contribution in [-0.4, -0.2) is 23.2 Å². The molecule has 0 aliphatic heterocycles. The van der Waals surface area contributed by atoms with Crippen molar-refractivity contribution in [3.8, 4) is 11.1 Å². The number of allylic oxidation sites excluding steroid dienone is 4. The van der Waals surface area contributed by atoms with Crippen LogP contribution in [0.3, 0.4) is 0 Å². The second kappa shape index (κ2) is 9.28. The molecule has 0 N–H and O–H groups in total. The molecule has 0 saturated heterocycles. The Bertz CT molecular complexity index is 1340. The predicted octanol–water partition coefficient (Wildman–Crippen LogP) is 7.70. The molecule has 1 atom stereocenters. The van der Waals surface area contributed by atoms with Crippen molar-refractivity contribution in [3.63, 3.8) is 0 Å². The van der Waals surface area contributed by atoms with Crippen LogP contribution in [-0.2, 0) is 11.2 Å². The molecule has 1 aromatic carbocycles. The normalized spacial score (nSPS) is 27.5. The Morgan fingerprint density at radius 3 is 2.34 bits per heavy atom. The summed E-state index contributed by atoms with van der Waals surface area (Å²) in [5, 5.41) is 0. The molecular weight excluding hydrogens is 494 g/mol. The van der Waals surface area contributed by atoms with E-state index < -0.39 is 17.2 Å². The Kier molecular flexibility index (Phi) is 6.15. The fraction of sp³-hybridized carbons (Fsp3) is 0.452. The second-order valence-electron chi connectivity index (χ2n) is 11.6. The highest BCUT2D eigenvalue weighted by molar-refractivity contribution is 6.04. The Balaban J connectivity index is 1.30. The van der Waals surface area contributed by atoms with Crippen molar-refractivity contribution < 1.29 is 27.2 Å². The van der Waals surface area contributed by atoms with Gasteiger partial charge in [-0.05, 0) is 85.3 Å². The van der Waals surface area contributed by atoms with E-state index in [1.807, 2.05) is 6.07 Å². The number of benzene rings is 1. The Labute approximate surface area is 219 Å². The summed E-state index contributed by atoms with van der Waals surface area (Å²) < 4.78 is 54.0. The molecule has 198 valence electrons. The summed E-state index contributed by atoms with van der Waals surface area (Å²) in [7, 11) is 0. The lowest BCUT2D eigenvalue weighted by molar-refractivity contribution is -0.111. The number of nitrogens with zero attached hydrogens (tertiary/aromatic N) is 1. The first kappa shape index (κ1) is 25.2. The number of aromatic nitrogens is 1. The van der Waals surface area contributed by atoms with Crippen LogP contribution in [0.1, 0.15) is 79.0 Å². The van der Waals surface area contributed by atoms with Gasteiger partial charge >= 0.3 is 6.18 Å². The Hall–Kier alpha value is -3.09. The summed E-state index contributed by atoms with van der Waals surface area (Å²) in [6.07, 6.45) is 4.61. The number of fused-ring (bicyclic) bond motifs is 1. The monoisotopic (exact) mass is 523 g/mol. The Morgan fingerprint density at radius 2 is 1.68 bits per heavy atom. The predicted molar refractivity (Wildman–Crippen MR) is 135 cm³/mol. The number of alkyl halides is 3. The third kappa shape index (κ3) is 4.34. The van der Waals surface area contributed by atoms with Crippen molar-refractivity contribution in [2.45, 2.75) is 69.9 Å². The van der Waals surface area contributed by atoms with E-state index in [0.717, 1.165) is 54.3 Å². The summed E-state index contributed by atoms with van der Waals surface area (Å²) in [5.74, 6) is -0.00639. The van der Waals surface area contributed by atoms with Gasteiger partial charge in [-0.3, -0.25) is 14.6 Å². The summed E-state index contributed by atoms with van der Waals surface area (Å²) in [6, 6.07) is 8.19. The zero-order valence-corrected chi connectivity index (χ0v) is 21.0. The van der Waals surface area contributed by atoms with Gasteiger partial charge in [-0.15, -0.1) is 0 Å². The van der Waals surface area contributed by atoms with Gasteiger partial charge in [0.25, 0.3) is 0 Å². The highest BCUT2D eigenvalue weighted by Gasteiger charge is 2.54. The van der Waals surface area contributed by atoms with Gasteiger partial charge in [-0.1, -0.05) is 37.1 Å². The summed E-state index contributed by atoms with van der Waals surface area (Å²) in [5.41, 5.74) is 2.92. The lowest BCUT2D eigenvalue weighted by Crippen LogP contribution is -2.46. The fourth-order valence-electron chi connectivity index (χ4n) is 7.27. The third-order valence-electron chi connectivity index (χ3n) is 9.29. The first-order chi connectivity index (χ1) is 18.2. The van der Waals surface area contributed by atoms with Crippen LogP contribution in [0, 0.1) is 23.1 Å².